The largest absolute Gasteiger partial charge is 0.495 e. The van der Waals surface area contributed by atoms with Gasteiger partial charge in [-0.15, -0.1) is 5.10 Å². The highest BCUT2D eigenvalue weighted by molar-refractivity contribution is 5.92. The van der Waals surface area contributed by atoms with E-state index in [1.807, 2.05) is 13.1 Å². The summed E-state index contributed by atoms with van der Waals surface area (Å²) in [4.78, 5) is 31.9. The van der Waals surface area contributed by atoms with Crippen molar-refractivity contribution in [3.63, 3.8) is 0 Å². The Morgan fingerprint density at radius 1 is 1.27 bits per heavy atom. The van der Waals surface area contributed by atoms with E-state index in [0.717, 1.165) is 12.8 Å². The maximum absolute atomic E-state index is 12.8. The number of hydrogen-bond acceptors (Lipinski definition) is 6. The van der Waals surface area contributed by atoms with Crippen LogP contribution in [0.5, 0.6) is 5.75 Å². The zero-order valence-electron chi connectivity index (χ0n) is 17.2. The van der Waals surface area contributed by atoms with Crippen LogP contribution in [0.15, 0.2) is 41.5 Å². The van der Waals surface area contributed by atoms with Gasteiger partial charge in [-0.1, -0.05) is 31.4 Å². The summed E-state index contributed by atoms with van der Waals surface area (Å²) in [5, 5.41) is 7.19. The summed E-state index contributed by atoms with van der Waals surface area (Å²) in [7, 11) is 3.53. The summed E-state index contributed by atoms with van der Waals surface area (Å²) in [5.74, 6) is 0.847. The molecule has 0 bridgehead atoms. The number of rotatable bonds is 6. The molecule has 0 aliphatic heterocycles. The zero-order chi connectivity index (χ0) is 21.1. The number of amides is 1. The molecule has 158 valence electrons. The van der Waals surface area contributed by atoms with Gasteiger partial charge in [-0.25, -0.2) is 18.9 Å². The molecule has 1 aliphatic rings. The Kier molecular flexibility index (Phi) is 5.69. The number of aromatic nitrogens is 4. The average molecular weight is 410 g/mol. The van der Waals surface area contributed by atoms with Gasteiger partial charge < -0.3 is 15.0 Å². The molecule has 0 spiro atoms. The van der Waals surface area contributed by atoms with Crippen molar-refractivity contribution >= 4 is 23.1 Å². The molecule has 1 aromatic carbocycles. The first kappa shape index (κ1) is 19.9. The molecule has 1 amide bonds. The average Bonchev–Trinajstić information content (AvgIpc) is 3.09. The van der Waals surface area contributed by atoms with E-state index in [2.05, 4.69) is 20.3 Å². The third-order valence-electron chi connectivity index (χ3n) is 5.61. The van der Waals surface area contributed by atoms with Crippen LogP contribution in [0.1, 0.15) is 32.1 Å². The van der Waals surface area contributed by atoms with Crippen molar-refractivity contribution in [2.45, 2.75) is 44.7 Å². The van der Waals surface area contributed by atoms with Crippen molar-refractivity contribution in [2.75, 3.05) is 24.4 Å². The minimum atomic E-state index is -0.374. The van der Waals surface area contributed by atoms with Crippen LogP contribution in [-0.2, 0) is 11.3 Å². The molecule has 0 saturated heterocycles. The van der Waals surface area contributed by atoms with E-state index >= 15 is 0 Å². The molecule has 9 nitrogen and oxygen atoms in total. The quantitative estimate of drug-likeness (QED) is 0.670. The number of carbonyl (C=O) groups is 1. The Labute approximate surface area is 174 Å². The summed E-state index contributed by atoms with van der Waals surface area (Å²) in [5.41, 5.74) is 0.628. The number of fused-ring (bicyclic) bond motifs is 1. The molecule has 0 atom stereocenters. The zero-order valence-corrected chi connectivity index (χ0v) is 17.2. The molecule has 0 unspecified atom stereocenters. The van der Waals surface area contributed by atoms with Crippen molar-refractivity contribution < 1.29 is 9.53 Å². The monoisotopic (exact) mass is 410 g/mol. The lowest BCUT2D eigenvalue weighted by molar-refractivity contribution is -0.117. The second-order valence-electron chi connectivity index (χ2n) is 7.54. The number of anilines is 2. The topological polar surface area (TPSA) is 93.8 Å². The van der Waals surface area contributed by atoms with Gasteiger partial charge in [-0.3, -0.25) is 4.79 Å². The number of carbonyl (C=O) groups excluding carboxylic acids is 1. The van der Waals surface area contributed by atoms with Crippen molar-refractivity contribution in [1.82, 2.24) is 19.2 Å². The molecule has 1 fully saturated rings. The van der Waals surface area contributed by atoms with Gasteiger partial charge in [0.1, 0.15) is 12.3 Å². The van der Waals surface area contributed by atoms with Crippen molar-refractivity contribution in [3.05, 3.63) is 47.1 Å². The van der Waals surface area contributed by atoms with Crippen molar-refractivity contribution in [2.24, 2.45) is 0 Å². The predicted octanol–water partition coefficient (Wildman–Crippen LogP) is 2.31. The van der Waals surface area contributed by atoms with Gasteiger partial charge in [-0.05, 0) is 25.0 Å². The Bertz CT molecular complexity index is 1100. The normalized spacial score (nSPS) is 14.6. The van der Waals surface area contributed by atoms with Gasteiger partial charge in [-0.2, -0.15) is 0 Å². The molecule has 2 aromatic heterocycles. The summed E-state index contributed by atoms with van der Waals surface area (Å²) in [6, 6.07) is 7.49. The number of hydrogen-bond donors (Lipinski definition) is 1. The Balaban J connectivity index is 1.58. The first-order valence-electron chi connectivity index (χ1n) is 10.2. The van der Waals surface area contributed by atoms with Gasteiger partial charge in [0, 0.05) is 25.5 Å². The van der Waals surface area contributed by atoms with E-state index in [1.165, 1.54) is 35.5 Å². The molecular formula is C21H26N6O3. The van der Waals surface area contributed by atoms with Crippen LogP contribution in [0, 0.1) is 0 Å². The van der Waals surface area contributed by atoms with E-state index < -0.39 is 0 Å². The van der Waals surface area contributed by atoms with Gasteiger partial charge in [0.05, 0.1) is 12.8 Å². The number of benzene rings is 1. The molecule has 1 aliphatic carbocycles. The van der Waals surface area contributed by atoms with E-state index in [9.17, 15) is 9.59 Å². The van der Waals surface area contributed by atoms with Gasteiger partial charge in [0.2, 0.25) is 11.6 Å². The summed E-state index contributed by atoms with van der Waals surface area (Å²) in [6.45, 7) is -0.203. The Morgan fingerprint density at radius 3 is 2.80 bits per heavy atom. The Morgan fingerprint density at radius 2 is 2.03 bits per heavy atom. The Hall–Kier alpha value is -3.36. The third kappa shape index (κ3) is 3.87. The minimum absolute atomic E-state index is 0.203. The van der Waals surface area contributed by atoms with Crippen LogP contribution in [-0.4, -0.2) is 45.3 Å². The first-order valence-corrected chi connectivity index (χ1v) is 10.2. The second-order valence-corrected chi connectivity index (χ2v) is 7.54. The maximum atomic E-state index is 12.8. The fourth-order valence-electron chi connectivity index (χ4n) is 4.00. The maximum Gasteiger partial charge on any atom is 0.350 e. The van der Waals surface area contributed by atoms with E-state index in [-0.39, 0.29) is 18.1 Å². The minimum Gasteiger partial charge on any atom is -0.495 e. The van der Waals surface area contributed by atoms with Gasteiger partial charge in [0.15, 0.2) is 5.82 Å². The number of ether oxygens (including phenoxy) is 1. The lowest BCUT2D eigenvalue weighted by Crippen LogP contribution is -2.34. The standard InChI is InChI=1S/C21H26N6O3/c1-25(15-8-4-3-5-9-15)19-20-24-27(21(29)26(20)13-12-22-19)14-18(28)23-16-10-6-7-11-17(16)30-2/h6-7,10-13,15H,3-5,8-9,14H2,1-2H3,(H,23,28). The molecule has 1 saturated carbocycles. The van der Waals surface area contributed by atoms with Crippen LogP contribution in [0.3, 0.4) is 0 Å². The van der Waals surface area contributed by atoms with Crippen molar-refractivity contribution in [1.29, 1.82) is 0 Å². The molecule has 30 heavy (non-hydrogen) atoms. The third-order valence-corrected chi connectivity index (χ3v) is 5.61. The smallest absolute Gasteiger partial charge is 0.350 e. The summed E-state index contributed by atoms with van der Waals surface area (Å²) < 4.78 is 7.86. The van der Waals surface area contributed by atoms with Crippen LogP contribution in [0.25, 0.3) is 5.65 Å². The molecule has 0 radical (unpaired) electrons. The number of methoxy groups -OCH3 is 1. The van der Waals surface area contributed by atoms with Crippen LogP contribution >= 0.6 is 0 Å². The van der Waals surface area contributed by atoms with Crippen LogP contribution in [0.4, 0.5) is 11.5 Å². The fourth-order valence-corrected chi connectivity index (χ4v) is 4.00. The summed E-state index contributed by atoms with van der Waals surface area (Å²) >= 11 is 0. The number of para-hydroxylation sites is 2. The molecule has 3 aromatic rings. The van der Waals surface area contributed by atoms with E-state index in [4.69, 9.17) is 4.74 Å². The van der Waals surface area contributed by atoms with Gasteiger partial charge >= 0.3 is 5.69 Å². The van der Waals surface area contributed by atoms with Gasteiger partial charge in [0.25, 0.3) is 0 Å². The van der Waals surface area contributed by atoms with Crippen molar-refractivity contribution in [3.8, 4) is 5.75 Å². The molecular weight excluding hydrogens is 384 g/mol. The van der Waals surface area contributed by atoms with E-state index in [0.29, 0.717) is 28.9 Å². The highest BCUT2D eigenvalue weighted by Gasteiger charge is 2.23. The predicted molar refractivity (Wildman–Crippen MR) is 114 cm³/mol. The fraction of sp³-hybridized carbons (Fsp3) is 0.429. The highest BCUT2D eigenvalue weighted by Crippen LogP contribution is 2.26. The first-order chi connectivity index (χ1) is 14.6. The molecule has 2 heterocycles. The molecule has 4 rings (SSSR count). The molecule has 1 N–H and O–H groups in total. The van der Waals surface area contributed by atoms with E-state index in [1.54, 1.807) is 30.6 Å². The second kappa shape index (κ2) is 8.56. The van der Waals surface area contributed by atoms with Crippen LogP contribution in [0.2, 0.25) is 0 Å². The number of nitrogens with zero attached hydrogens (tertiary/aromatic N) is 5. The lowest BCUT2D eigenvalue weighted by Gasteiger charge is -2.31. The van der Waals surface area contributed by atoms with Crippen LogP contribution < -0.4 is 20.6 Å². The summed E-state index contributed by atoms with van der Waals surface area (Å²) in [6.07, 6.45) is 9.04. The highest BCUT2D eigenvalue weighted by atomic mass is 16.5. The SMILES string of the molecule is COc1ccccc1NC(=O)Cn1nc2c(N(C)C3CCCCC3)nccn2c1=O. The molecule has 9 heteroatoms. The number of nitrogens with one attached hydrogen (secondary N) is 1. The lowest BCUT2D eigenvalue weighted by atomic mass is 9.94.